The van der Waals surface area contributed by atoms with Gasteiger partial charge in [0.15, 0.2) is 6.61 Å². The molecule has 0 radical (unpaired) electrons. The molecular weight excluding hydrogens is 395 g/mol. The number of carbonyl (C=O) groups excluding carboxylic acids is 2. The van der Waals surface area contributed by atoms with E-state index in [4.69, 9.17) is 16.3 Å². The fraction of sp³-hybridized carbons (Fsp3) is 0.300. The number of nitrogens with one attached hydrogen (secondary N) is 1. The fourth-order valence-electron chi connectivity index (χ4n) is 3.09. The van der Waals surface area contributed by atoms with Crippen LogP contribution < -0.4 is 5.32 Å². The van der Waals surface area contributed by atoms with Crippen LogP contribution in [0.4, 0.5) is 18.9 Å². The molecule has 1 aliphatic rings. The number of hydrogen-bond acceptors (Lipinski definition) is 3. The van der Waals surface area contributed by atoms with Crippen LogP contribution in [0.15, 0.2) is 36.4 Å². The van der Waals surface area contributed by atoms with Gasteiger partial charge in [-0.3, -0.25) is 4.79 Å². The van der Waals surface area contributed by atoms with Gasteiger partial charge in [-0.2, -0.15) is 13.2 Å². The Bertz CT molecular complexity index is 912. The average molecular weight is 412 g/mol. The molecule has 0 aromatic heterocycles. The molecule has 1 aliphatic carbocycles. The average Bonchev–Trinajstić information content (AvgIpc) is 2.66. The second-order valence-electron chi connectivity index (χ2n) is 6.51. The maximum absolute atomic E-state index is 12.9. The molecule has 1 amide bonds. The van der Waals surface area contributed by atoms with E-state index in [0.717, 1.165) is 43.4 Å². The van der Waals surface area contributed by atoms with Crippen LogP contribution in [0.3, 0.4) is 0 Å². The first-order valence-corrected chi connectivity index (χ1v) is 9.07. The Morgan fingerprint density at radius 3 is 2.46 bits per heavy atom. The zero-order chi connectivity index (χ0) is 20.3. The van der Waals surface area contributed by atoms with E-state index in [1.807, 2.05) is 6.07 Å². The molecular formula is C20H17ClF3NO3. The summed E-state index contributed by atoms with van der Waals surface area (Å²) in [6, 6.07) is 8.31. The SMILES string of the molecule is O=C(COC(=O)c1ccc2c(c1)CCCC2)Nc1ccc(Cl)c(C(F)(F)F)c1. The number of alkyl halides is 3. The Kier molecular flexibility index (Phi) is 5.93. The van der Waals surface area contributed by atoms with Gasteiger partial charge < -0.3 is 10.1 Å². The topological polar surface area (TPSA) is 55.4 Å². The van der Waals surface area contributed by atoms with E-state index in [2.05, 4.69) is 5.32 Å². The van der Waals surface area contributed by atoms with Crippen LogP contribution in [0, 0.1) is 0 Å². The third-order valence-corrected chi connectivity index (χ3v) is 4.80. The summed E-state index contributed by atoms with van der Waals surface area (Å²) in [5, 5.41) is 1.80. The number of benzene rings is 2. The molecule has 0 aliphatic heterocycles. The third kappa shape index (κ3) is 4.84. The minimum Gasteiger partial charge on any atom is -0.452 e. The number of rotatable bonds is 4. The smallest absolute Gasteiger partial charge is 0.417 e. The van der Waals surface area contributed by atoms with Crippen molar-refractivity contribution in [1.82, 2.24) is 0 Å². The van der Waals surface area contributed by atoms with E-state index < -0.39 is 35.2 Å². The van der Waals surface area contributed by atoms with Crippen molar-refractivity contribution < 1.29 is 27.5 Å². The number of hydrogen-bond donors (Lipinski definition) is 1. The summed E-state index contributed by atoms with van der Waals surface area (Å²) in [6.07, 6.45) is -0.577. The van der Waals surface area contributed by atoms with Crippen molar-refractivity contribution >= 4 is 29.2 Å². The van der Waals surface area contributed by atoms with E-state index in [0.29, 0.717) is 5.56 Å². The summed E-state index contributed by atoms with van der Waals surface area (Å²) in [4.78, 5) is 24.1. The van der Waals surface area contributed by atoms with Gasteiger partial charge >= 0.3 is 12.1 Å². The minimum absolute atomic E-state index is 0.0912. The predicted octanol–water partition coefficient (Wildman–Crippen LogP) is 5.03. The van der Waals surface area contributed by atoms with Gasteiger partial charge in [-0.25, -0.2) is 4.79 Å². The van der Waals surface area contributed by atoms with E-state index in [1.165, 1.54) is 11.6 Å². The van der Waals surface area contributed by atoms with Gasteiger partial charge in [0.2, 0.25) is 0 Å². The van der Waals surface area contributed by atoms with Crippen molar-refractivity contribution in [3.05, 3.63) is 63.7 Å². The molecule has 4 nitrogen and oxygen atoms in total. The molecule has 0 atom stereocenters. The van der Waals surface area contributed by atoms with Crippen molar-refractivity contribution in [3.63, 3.8) is 0 Å². The molecule has 28 heavy (non-hydrogen) atoms. The third-order valence-electron chi connectivity index (χ3n) is 4.47. The molecule has 8 heteroatoms. The first kappa shape index (κ1) is 20.2. The molecule has 0 spiro atoms. The highest BCUT2D eigenvalue weighted by molar-refractivity contribution is 6.31. The van der Waals surface area contributed by atoms with Crippen molar-refractivity contribution in [1.29, 1.82) is 0 Å². The lowest BCUT2D eigenvalue weighted by molar-refractivity contribution is -0.137. The predicted molar refractivity (Wildman–Crippen MR) is 98.5 cm³/mol. The molecule has 0 fully saturated rings. The van der Waals surface area contributed by atoms with Crippen LogP contribution in [0.5, 0.6) is 0 Å². The van der Waals surface area contributed by atoms with Crippen LogP contribution in [-0.4, -0.2) is 18.5 Å². The Morgan fingerprint density at radius 1 is 1.04 bits per heavy atom. The van der Waals surface area contributed by atoms with Crippen molar-refractivity contribution in [2.45, 2.75) is 31.9 Å². The summed E-state index contributed by atoms with van der Waals surface area (Å²) in [6.45, 7) is -0.611. The molecule has 0 bridgehead atoms. The highest BCUT2D eigenvalue weighted by atomic mass is 35.5. The van der Waals surface area contributed by atoms with Crippen molar-refractivity contribution in [3.8, 4) is 0 Å². The molecule has 2 aromatic carbocycles. The standard InChI is InChI=1S/C20H17ClF3NO3/c21-17-8-7-15(10-16(17)20(22,23)24)25-18(26)11-28-19(27)14-6-5-12-3-1-2-4-13(12)9-14/h5-10H,1-4,11H2,(H,25,26). The maximum Gasteiger partial charge on any atom is 0.417 e. The minimum atomic E-state index is -4.64. The summed E-state index contributed by atoms with van der Waals surface area (Å²) in [5.74, 6) is -1.41. The summed E-state index contributed by atoms with van der Waals surface area (Å²) in [7, 11) is 0. The molecule has 0 saturated carbocycles. The van der Waals surface area contributed by atoms with Crippen LogP contribution in [0.25, 0.3) is 0 Å². The van der Waals surface area contributed by atoms with E-state index in [-0.39, 0.29) is 5.69 Å². The summed E-state index contributed by atoms with van der Waals surface area (Å²) >= 11 is 5.54. The van der Waals surface area contributed by atoms with Gasteiger partial charge in [0.05, 0.1) is 16.1 Å². The lowest BCUT2D eigenvalue weighted by atomic mass is 9.90. The number of aryl methyl sites for hydroxylation is 2. The molecule has 0 unspecified atom stereocenters. The summed E-state index contributed by atoms with van der Waals surface area (Å²) < 4.78 is 43.6. The van der Waals surface area contributed by atoms with Gasteiger partial charge in [-0.1, -0.05) is 17.7 Å². The first-order chi connectivity index (χ1) is 13.2. The summed E-state index contributed by atoms with van der Waals surface area (Å²) in [5.41, 5.74) is 1.51. The fourth-order valence-corrected chi connectivity index (χ4v) is 3.32. The first-order valence-electron chi connectivity index (χ1n) is 8.69. The number of carbonyl (C=O) groups is 2. The maximum atomic E-state index is 12.9. The van der Waals surface area contributed by atoms with E-state index >= 15 is 0 Å². The zero-order valence-electron chi connectivity index (χ0n) is 14.7. The van der Waals surface area contributed by atoms with Gasteiger partial charge in [0, 0.05) is 5.69 Å². The van der Waals surface area contributed by atoms with Crippen LogP contribution >= 0.6 is 11.6 Å². The van der Waals surface area contributed by atoms with Gasteiger partial charge in [-0.15, -0.1) is 0 Å². The molecule has 148 valence electrons. The number of amides is 1. The number of fused-ring (bicyclic) bond motifs is 1. The van der Waals surface area contributed by atoms with Gasteiger partial charge in [-0.05, 0) is 67.1 Å². The molecule has 0 heterocycles. The molecule has 1 N–H and O–H groups in total. The Hall–Kier alpha value is -2.54. The highest BCUT2D eigenvalue weighted by Gasteiger charge is 2.33. The number of halogens is 4. The molecule has 0 saturated heterocycles. The lowest BCUT2D eigenvalue weighted by Gasteiger charge is -2.16. The molecule has 2 aromatic rings. The number of ether oxygens (including phenoxy) is 1. The second kappa shape index (κ2) is 8.22. The lowest BCUT2D eigenvalue weighted by Crippen LogP contribution is -2.21. The van der Waals surface area contributed by atoms with Crippen molar-refractivity contribution in [2.75, 3.05) is 11.9 Å². The van der Waals surface area contributed by atoms with Gasteiger partial charge in [0.1, 0.15) is 0 Å². The zero-order valence-corrected chi connectivity index (χ0v) is 15.5. The highest BCUT2D eigenvalue weighted by Crippen LogP contribution is 2.36. The van der Waals surface area contributed by atoms with Crippen LogP contribution in [0.2, 0.25) is 5.02 Å². The Labute approximate surface area is 164 Å². The normalized spacial score (nSPS) is 13.6. The quantitative estimate of drug-likeness (QED) is 0.718. The number of esters is 1. The Balaban J connectivity index is 1.59. The van der Waals surface area contributed by atoms with E-state index in [9.17, 15) is 22.8 Å². The second-order valence-corrected chi connectivity index (χ2v) is 6.91. The molecule has 3 rings (SSSR count). The Morgan fingerprint density at radius 2 is 1.75 bits per heavy atom. The largest absolute Gasteiger partial charge is 0.452 e. The van der Waals surface area contributed by atoms with Gasteiger partial charge in [0.25, 0.3) is 5.91 Å². The number of anilines is 1. The van der Waals surface area contributed by atoms with Crippen molar-refractivity contribution in [2.24, 2.45) is 0 Å². The monoisotopic (exact) mass is 411 g/mol. The van der Waals surface area contributed by atoms with Crippen LogP contribution in [0.1, 0.15) is 39.9 Å². The van der Waals surface area contributed by atoms with E-state index in [1.54, 1.807) is 12.1 Å². The van der Waals surface area contributed by atoms with Crippen LogP contribution in [-0.2, 0) is 28.5 Å².